The molecule has 7 aliphatic rings. The first-order chi connectivity index (χ1) is 29.9. The standard InChI is InChI=1S/C46H61N11O5/c1-30-28-56(40-27-38(47-29-48-40)41-36-26-33(62-45(2)12-13-45)7-9-37(36)50-51-41)24-23-53(30)20-17-52-18-21-55(22-19-52)42(58)31-10-15-54(16-11-31)32-6-8-34-35(25-32)44(60)57(43(34)59)39-5-4-14-49-46(39,3)61/h6-9,25-27,30-31,39,47,49,61H,4-5,10-24,28-29H2,1-3H3,(H,50,51)/t30-,39?,46?/m0/s1. The Morgan fingerprint density at radius 3 is 2.45 bits per heavy atom. The van der Waals surface area contributed by atoms with E-state index < -0.39 is 11.8 Å². The van der Waals surface area contributed by atoms with Gasteiger partial charge in [-0.2, -0.15) is 5.10 Å². The van der Waals surface area contributed by atoms with E-state index in [-0.39, 0.29) is 29.2 Å². The zero-order valence-electron chi connectivity index (χ0n) is 36.4. The maximum atomic E-state index is 13.7. The number of ether oxygens (including phenoxy) is 1. The monoisotopic (exact) mass is 847 g/mol. The first kappa shape index (κ1) is 41.0. The molecule has 5 fully saturated rings. The van der Waals surface area contributed by atoms with Gasteiger partial charge in [0.15, 0.2) is 0 Å². The Bertz CT molecular complexity index is 2290. The third kappa shape index (κ3) is 7.94. The number of amides is 3. The Morgan fingerprint density at radius 1 is 0.903 bits per heavy atom. The lowest BCUT2D eigenvalue weighted by molar-refractivity contribution is -0.138. The van der Waals surface area contributed by atoms with Crippen molar-refractivity contribution in [1.29, 1.82) is 0 Å². The van der Waals surface area contributed by atoms with Gasteiger partial charge in [0.2, 0.25) is 5.91 Å². The maximum absolute atomic E-state index is 13.7. The number of amidine groups is 1. The van der Waals surface area contributed by atoms with Crippen LogP contribution in [-0.2, 0) is 4.79 Å². The number of carbonyl (C=O) groups excluding carboxylic acids is 3. The second-order valence-corrected chi connectivity index (χ2v) is 18.9. The smallest absolute Gasteiger partial charge is 0.262 e. The number of piperidine rings is 2. The lowest BCUT2D eigenvalue weighted by Crippen LogP contribution is -2.63. The highest BCUT2D eigenvalue weighted by molar-refractivity contribution is 6.22. The van der Waals surface area contributed by atoms with Crippen LogP contribution in [0.4, 0.5) is 5.69 Å². The first-order valence-corrected chi connectivity index (χ1v) is 22.8. The highest BCUT2D eigenvalue weighted by Gasteiger charge is 2.48. The molecule has 7 heterocycles. The van der Waals surface area contributed by atoms with E-state index in [0.717, 1.165) is 131 Å². The molecule has 10 rings (SSSR count). The lowest BCUT2D eigenvalue weighted by Gasteiger charge is -2.43. The summed E-state index contributed by atoms with van der Waals surface area (Å²) in [6, 6.07) is 11.4. The number of fused-ring (bicyclic) bond motifs is 2. The molecular weight excluding hydrogens is 787 g/mol. The highest BCUT2D eigenvalue weighted by atomic mass is 16.5. The number of aliphatic imine (C=N–C) groups is 1. The number of anilines is 1. The molecule has 16 nitrogen and oxygen atoms in total. The van der Waals surface area contributed by atoms with Crippen LogP contribution in [0.2, 0.25) is 0 Å². The van der Waals surface area contributed by atoms with E-state index in [1.54, 1.807) is 13.0 Å². The lowest BCUT2D eigenvalue weighted by atomic mass is 9.94. The number of nitrogens with zero attached hydrogens (tertiary/aromatic N) is 8. The van der Waals surface area contributed by atoms with Gasteiger partial charge in [0.1, 0.15) is 35.3 Å². The second kappa shape index (κ2) is 16.3. The van der Waals surface area contributed by atoms with Gasteiger partial charge in [0, 0.05) is 101 Å². The number of carbonyl (C=O) groups is 3. The zero-order valence-corrected chi connectivity index (χ0v) is 36.4. The van der Waals surface area contributed by atoms with E-state index in [1.807, 2.05) is 24.3 Å². The van der Waals surface area contributed by atoms with Crippen molar-refractivity contribution in [2.75, 3.05) is 90.1 Å². The fourth-order valence-corrected chi connectivity index (χ4v) is 10.4. The Hall–Kier alpha value is -5.03. The van der Waals surface area contributed by atoms with Crippen LogP contribution in [0.5, 0.6) is 5.75 Å². The number of piperazine rings is 2. The molecule has 1 aromatic heterocycles. The fraction of sp³-hybridized carbons (Fsp3) is 0.587. The Balaban J connectivity index is 0.669. The Labute approximate surface area is 363 Å². The van der Waals surface area contributed by atoms with Crippen LogP contribution in [0.25, 0.3) is 16.6 Å². The van der Waals surface area contributed by atoms with Gasteiger partial charge >= 0.3 is 0 Å². The summed E-state index contributed by atoms with van der Waals surface area (Å²) in [6.45, 7) is 16.7. The van der Waals surface area contributed by atoms with E-state index >= 15 is 0 Å². The minimum absolute atomic E-state index is 0.0127. The topological polar surface area (TPSA) is 165 Å². The van der Waals surface area contributed by atoms with E-state index in [0.29, 0.717) is 49.9 Å². The molecule has 16 heteroatoms. The largest absolute Gasteiger partial charge is 0.488 e. The minimum Gasteiger partial charge on any atom is -0.488 e. The number of benzene rings is 2. The van der Waals surface area contributed by atoms with Crippen LogP contribution in [-0.4, -0.2) is 172 Å². The van der Waals surface area contributed by atoms with Crippen molar-refractivity contribution < 1.29 is 24.2 Å². The van der Waals surface area contributed by atoms with Crippen molar-refractivity contribution >= 4 is 45.8 Å². The summed E-state index contributed by atoms with van der Waals surface area (Å²) < 4.78 is 6.25. The molecule has 330 valence electrons. The van der Waals surface area contributed by atoms with Crippen molar-refractivity contribution in [3.05, 3.63) is 59.3 Å². The minimum atomic E-state index is -1.33. The summed E-state index contributed by atoms with van der Waals surface area (Å²) >= 11 is 0. The van der Waals surface area contributed by atoms with Gasteiger partial charge in [-0.1, -0.05) is 0 Å². The van der Waals surface area contributed by atoms with Crippen molar-refractivity contribution in [3.8, 4) is 5.75 Å². The molecule has 4 saturated heterocycles. The summed E-state index contributed by atoms with van der Waals surface area (Å²) in [6.07, 6.45) is 7.17. The molecule has 4 N–H and O–H groups in total. The van der Waals surface area contributed by atoms with Gasteiger partial charge in [-0.05, 0) is 102 Å². The summed E-state index contributed by atoms with van der Waals surface area (Å²) in [5.41, 5.74) is 3.15. The van der Waals surface area contributed by atoms with Gasteiger partial charge in [-0.25, -0.2) is 4.99 Å². The van der Waals surface area contributed by atoms with Gasteiger partial charge in [0.05, 0.1) is 28.4 Å². The Kier molecular flexibility index (Phi) is 10.8. The number of imide groups is 1. The van der Waals surface area contributed by atoms with Gasteiger partial charge < -0.3 is 29.9 Å². The quantitative estimate of drug-likeness (QED) is 0.233. The number of hydrogen-bond donors (Lipinski definition) is 4. The SMILES string of the molecule is C[C@H]1CN(C2=NCNC(c3n[nH]c4ccc(OC5(C)CC5)cc34)=C2)CCN1CCN1CCN(C(=O)C2CCN(c3ccc4c(c3)C(=O)N(C3CCCNC3(C)O)C4=O)CC2)CC1. The molecule has 6 aliphatic heterocycles. The number of nitrogens with one attached hydrogen (secondary N) is 3. The molecule has 1 aliphatic carbocycles. The predicted molar refractivity (Wildman–Crippen MR) is 237 cm³/mol. The predicted octanol–water partition coefficient (Wildman–Crippen LogP) is 2.92. The number of aliphatic hydroxyl groups is 1. The summed E-state index contributed by atoms with van der Waals surface area (Å²) in [5.74, 6) is 1.43. The van der Waals surface area contributed by atoms with Crippen molar-refractivity contribution in [2.24, 2.45) is 10.9 Å². The molecule has 3 aromatic rings. The molecular formula is C46H61N11O5. The third-order valence-electron chi connectivity index (χ3n) is 14.6. The van der Waals surface area contributed by atoms with Crippen LogP contribution in [0.3, 0.4) is 0 Å². The molecule has 0 radical (unpaired) electrons. The summed E-state index contributed by atoms with van der Waals surface area (Å²) in [7, 11) is 0. The Morgan fingerprint density at radius 2 is 1.69 bits per heavy atom. The zero-order chi connectivity index (χ0) is 42.8. The molecule has 3 atom stereocenters. The van der Waals surface area contributed by atoms with Gasteiger partial charge in [-0.3, -0.25) is 39.5 Å². The van der Waals surface area contributed by atoms with Gasteiger partial charge in [0.25, 0.3) is 11.8 Å². The second-order valence-electron chi connectivity index (χ2n) is 18.9. The number of H-pyrrole nitrogens is 1. The number of aromatic nitrogens is 2. The van der Waals surface area contributed by atoms with Crippen LogP contribution in [0.1, 0.15) is 85.7 Å². The van der Waals surface area contributed by atoms with Crippen molar-refractivity contribution in [2.45, 2.75) is 82.7 Å². The summed E-state index contributed by atoms with van der Waals surface area (Å²) in [4.78, 5) is 58.5. The van der Waals surface area contributed by atoms with E-state index in [1.165, 1.54) is 4.90 Å². The van der Waals surface area contributed by atoms with E-state index in [2.05, 4.69) is 71.3 Å². The highest BCUT2D eigenvalue weighted by Crippen LogP contribution is 2.41. The molecule has 62 heavy (non-hydrogen) atoms. The van der Waals surface area contributed by atoms with Crippen LogP contribution in [0, 0.1) is 5.92 Å². The normalized spacial score (nSPS) is 27.3. The van der Waals surface area contributed by atoms with Crippen molar-refractivity contribution in [1.82, 2.24) is 45.3 Å². The molecule has 0 bridgehead atoms. The number of aromatic amines is 1. The van der Waals surface area contributed by atoms with E-state index in [9.17, 15) is 19.5 Å². The molecule has 2 unspecified atom stereocenters. The molecule has 2 aromatic carbocycles. The fourth-order valence-electron chi connectivity index (χ4n) is 10.4. The van der Waals surface area contributed by atoms with Crippen LogP contribution in [0.15, 0.2) is 47.5 Å². The van der Waals surface area contributed by atoms with Gasteiger partial charge in [-0.15, -0.1) is 0 Å². The first-order valence-electron chi connectivity index (χ1n) is 22.8. The maximum Gasteiger partial charge on any atom is 0.262 e. The molecule has 1 saturated carbocycles. The molecule has 0 spiro atoms. The van der Waals surface area contributed by atoms with Crippen molar-refractivity contribution in [3.63, 3.8) is 0 Å². The molecule has 3 amide bonds. The average Bonchev–Trinajstić information content (AvgIpc) is 3.77. The average molecular weight is 848 g/mol. The van der Waals surface area contributed by atoms with Crippen LogP contribution < -0.4 is 20.3 Å². The third-order valence-corrected chi connectivity index (χ3v) is 14.6. The number of hydrogen-bond acceptors (Lipinski definition) is 13. The number of rotatable bonds is 9. The van der Waals surface area contributed by atoms with Crippen LogP contribution >= 0.6 is 0 Å². The summed E-state index contributed by atoms with van der Waals surface area (Å²) in [5, 5.41) is 26.3. The van der Waals surface area contributed by atoms with E-state index in [4.69, 9.17) is 9.73 Å².